The number of rotatable bonds is 5. The molecule has 0 aliphatic carbocycles. The van der Waals surface area contributed by atoms with Crippen LogP contribution in [0, 0.1) is 0 Å². The van der Waals surface area contributed by atoms with E-state index in [1.54, 1.807) is 14.2 Å². The molecule has 0 N–H and O–H groups in total. The van der Waals surface area contributed by atoms with Crippen molar-refractivity contribution in [1.29, 1.82) is 0 Å². The van der Waals surface area contributed by atoms with Crippen LogP contribution in [-0.4, -0.2) is 25.7 Å². The highest BCUT2D eigenvalue weighted by molar-refractivity contribution is 5.40. The number of benzene rings is 1. The maximum Gasteiger partial charge on any atom is 0.417 e. The minimum absolute atomic E-state index is 0.503. The van der Waals surface area contributed by atoms with Crippen LogP contribution in [0.1, 0.15) is 11.1 Å². The number of anilines is 1. The number of alkyl halides is 3. The van der Waals surface area contributed by atoms with Crippen LogP contribution in [0.4, 0.5) is 19.0 Å². The molecule has 1 aromatic heterocycles. The predicted octanol–water partition coefficient (Wildman–Crippen LogP) is 3.79. The topological polar surface area (TPSA) is 25.4 Å². The highest BCUT2D eigenvalue weighted by Gasteiger charge is 2.30. The molecule has 0 unspecified atom stereocenters. The van der Waals surface area contributed by atoms with Gasteiger partial charge in [-0.1, -0.05) is 18.2 Å². The molecule has 0 radical (unpaired) electrons. The lowest BCUT2D eigenvalue weighted by Crippen LogP contribution is -2.21. The van der Waals surface area contributed by atoms with Gasteiger partial charge in [-0.15, -0.1) is 0 Å². The standard InChI is InChI=1S/C16H17F3N2O/c1-21(10-9-12-5-3-4-6-14(12)22-2)15-8-7-13(11-20-15)16(17,18)19/h3-8,11H,9-10H2,1-2H3. The predicted molar refractivity (Wildman–Crippen MR) is 79.2 cm³/mol. The molecule has 1 aromatic carbocycles. The maximum absolute atomic E-state index is 12.5. The Morgan fingerprint density at radius 3 is 2.45 bits per heavy atom. The van der Waals surface area contributed by atoms with Crippen LogP contribution in [0.25, 0.3) is 0 Å². The average molecular weight is 310 g/mol. The second kappa shape index (κ2) is 6.68. The smallest absolute Gasteiger partial charge is 0.417 e. The van der Waals surface area contributed by atoms with Crippen LogP contribution >= 0.6 is 0 Å². The van der Waals surface area contributed by atoms with Gasteiger partial charge in [0.15, 0.2) is 0 Å². The zero-order chi connectivity index (χ0) is 16.2. The van der Waals surface area contributed by atoms with Gasteiger partial charge in [0.05, 0.1) is 12.7 Å². The summed E-state index contributed by atoms with van der Waals surface area (Å²) in [5.74, 6) is 1.30. The van der Waals surface area contributed by atoms with Crippen molar-refractivity contribution in [3.8, 4) is 5.75 Å². The number of pyridine rings is 1. The Morgan fingerprint density at radius 2 is 1.86 bits per heavy atom. The quantitative estimate of drug-likeness (QED) is 0.840. The first kappa shape index (κ1) is 16.1. The SMILES string of the molecule is COc1ccccc1CCN(C)c1ccc(C(F)(F)F)cn1. The Kier molecular flexibility index (Phi) is 4.90. The zero-order valence-electron chi connectivity index (χ0n) is 12.4. The molecule has 0 atom stereocenters. The molecule has 6 heteroatoms. The molecule has 2 rings (SSSR count). The Hall–Kier alpha value is -2.24. The first-order chi connectivity index (χ1) is 10.4. The van der Waals surface area contributed by atoms with Crippen LogP contribution in [-0.2, 0) is 12.6 Å². The third-order valence-corrected chi connectivity index (χ3v) is 3.38. The summed E-state index contributed by atoms with van der Waals surface area (Å²) in [7, 11) is 3.41. The van der Waals surface area contributed by atoms with E-state index in [2.05, 4.69) is 4.98 Å². The van der Waals surface area contributed by atoms with Gasteiger partial charge >= 0.3 is 6.18 Å². The van der Waals surface area contributed by atoms with Crippen molar-refractivity contribution in [2.75, 3.05) is 25.6 Å². The number of aromatic nitrogens is 1. The lowest BCUT2D eigenvalue weighted by molar-refractivity contribution is -0.137. The Morgan fingerprint density at radius 1 is 1.14 bits per heavy atom. The second-order valence-corrected chi connectivity index (χ2v) is 4.89. The molecule has 0 aliphatic heterocycles. The van der Waals surface area contributed by atoms with E-state index >= 15 is 0 Å². The number of halogens is 3. The molecule has 0 amide bonds. The normalized spacial score (nSPS) is 11.3. The summed E-state index contributed by atoms with van der Waals surface area (Å²) in [4.78, 5) is 5.69. The molecular weight excluding hydrogens is 293 g/mol. The third kappa shape index (κ3) is 3.90. The van der Waals surface area contributed by atoms with Gasteiger partial charge in [0, 0.05) is 19.8 Å². The maximum atomic E-state index is 12.5. The highest BCUT2D eigenvalue weighted by atomic mass is 19.4. The molecule has 3 nitrogen and oxygen atoms in total. The number of nitrogens with zero attached hydrogens (tertiary/aromatic N) is 2. The minimum atomic E-state index is -4.36. The van der Waals surface area contributed by atoms with Gasteiger partial charge in [0.1, 0.15) is 11.6 Å². The molecule has 0 bridgehead atoms. The van der Waals surface area contributed by atoms with E-state index in [4.69, 9.17) is 4.74 Å². The molecule has 0 fully saturated rings. The Labute approximate surface area is 127 Å². The molecule has 0 saturated heterocycles. The first-order valence-electron chi connectivity index (χ1n) is 6.78. The number of ether oxygens (including phenoxy) is 1. The van der Waals surface area contributed by atoms with E-state index in [9.17, 15) is 13.2 Å². The molecule has 0 spiro atoms. The molecule has 2 aromatic rings. The Bertz CT molecular complexity index is 612. The molecule has 0 saturated carbocycles. The fourth-order valence-electron chi connectivity index (χ4n) is 2.09. The molecule has 22 heavy (non-hydrogen) atoms. The lowest BCUT2D eigenvalue weighted by Gasteiger charge is -2.19. The van der Waals surface area contributed by atoms with E-state index in [0.717, 1.165) is 23.6 Å². The van der Waals surface area contributed by atoms with Crippen molar-refractivity contribution < 1.29 is 17.9 Å². The summed E-state index contributed by atoms with van der Waals surface area (Å²) in [5.41, 5.74) is 0.304. The number of para-hydroxylation sites is 1. The Balaban J connectivity index is 2.02. The van der Waals surface area contributed by atoms with E-state index in [1.807, 2.05) is 29.2 Å². The van der Waals surface area contributed by atoms with E-state index in [1.165, 1.54) is 6.07 Å². The zero-order valence-corrected chi connectivity index (χ0v) is 12.4. The highest BCUT2D eigenvalue weighted by Crippen LogP contribution is 2.29. The van der Waals surface area contributed by atoms with Gasteiger partial charge in [-0.2, -0.15) is 13.2 Å². The van der Waals surface area contributed by atoms with Crippen molar-refractivity contribution in [1.82, 2.24) is 4.98 Å². The summed E-state index contributed by atoms with van der Waals surface area (Å²) < 4.78 is 42.8. The fraction of sp³-hybridized carbons (Fsp3) is 0.312. The van der Waals surface area contributed by atoms with Crippen molar-refractivity contribution >= 4 is 5.82 Å². The van der Waals surface area contributed by atoms with Gasteiger partial charge in [-0.05, 0) is 30.2 Å². The van der Waals surface area contributed by atoms with E-state index in [0.29, 0.717) is 18.8 Å². The second-order valence-electron chi connectivity index (χ2n) is 4.89. The van der Waals surface area contributed by atoms with E-state index < -0.39 is 11.7 Å². The summed E-state index contributed by atoms with van der Waals surface area (Å²) in [6, 6.07) is 10.1. The third-order valence-electron chi connectivity index (χ3n) is 3.38. The lowest BCUT2D eigenvalue weighted by atomic mass is 10.1. The number of likely N-dealkylation sites (N-methyl/N-ethyl adjacent to an activating group) is 1. The van der Waals surface area contributed by atoms with Crippen LogP contribution in [0.5, 0.6) is 5.75 Å². The average Bonchev–Trinajstić information content (AvgIpc) is 2.52. The van der Waals surface area contributed by atoms with Crippen LogP contribution in [0.3, 0.4) is 0 Å². The fourth-order valence-corrected chi connectivity index (χ4v) is 2.09. The first-order valence-corrected chi connectivity index (χ1v) is 6.78. The number of methoxy groups -OCH3 is 1. The van der Waals surface area contributed by atoms with Crippen molar-refractivity contribution in [3.05, 3.63) is 53.7 Å². The molecule has 0 aliphatic rings. The van der Waals surface area contributed by atoms with Crippen LogP contribution in [0.2, 0.25) is 0 Å². The van der Waals surface area contributed by atoms with Gasteiger partial charge in [-0.25, -0.2) is 4.98 Å². The molecule has 118 valence electrons. The van der Waals surface area contributed by atoms with Gasteiger partial charge < -0.3 is 9.64 Å². The minimum Gasteiger partial charge on any atom is -0.496 e. The van der Waals surface area contributed by atoms with Crippen LogP contribution in [0.15, 0.2) is 42.6 Å². The van der Waals surface area contributed by atoms with Gasteiger partial charge in [0.25, 0.3) is 0 Å². The largest absolute Gasteiger partial charge is 0.496 e. The molecule has 1 heterocycles. The van der Waals surface area contributed by atoms with Crippen molar-refractivity contribution in [3.63, 3.8) is 0 Å². The van der Waals surface area contributed by atoms with Crippen molar-refractivity contribution in [2.24, 2.45) is 0 Å². The molecular formula is C16H17F3N2O. The van der Waals surface area contributed by atoms with Crippen molar-refractivity contribution in [2.45, 2.75) is 12.6 Å². The summed E-state index contributed by atoms with van der Waals surface area (Å²) in [6.45, 7) is 0.624. The summed E-state index contributed by atoms with van der Waals surface area (Å²) in [5, 5.41) is 0. The monoisotopic (exact) mass is 310 g/mol. The van der Waals surface area contributed by atoms with Gasteiger partial charge in [0.2, 0.25) is 0 Å². The number of hydrogen-bond acceptors (Lipinski definition) is 3. The van der Waals surface area contributed by atoms with Gasteiger partial charge in [-0.3, -0.25) is 0 Å². The van der Waals surface area contributed by atoms with Crippen LogP contribution < -0.4 is 9.64 Å². The van der Waals surface area contributed by atoms with E-state index in [-0.39, 0.29) is 0 Å². The summed E-state index contributed by atoms with van der Waals surface area (Å²) in [6.07, 6.45) is -2.79. The summed E-state index contributed by atoms with van der Waals surface area (Å²) >= 11 is 0. The number of hydrogen-bond donors (Lipinski definition) is 0.